The minimum Gasteiger partial charge on any atom is -0.478 e. The van der Waals surface area contributed by atoms with E-state index in [1.807, 2.05) is 6.92 Å². The average Bonchev–Trinajstić information content (AvgIpc) is 2.39. The lowest BCUT2D eigenvalue weighted by atomic mass is 10.3. The first-order valence-corrected chi connectivity index (χ1v) is 7.57. The average molecular weight is 286 g/mol. The van der Waals surface area contributed by atoms with Crippen molar-refractivity contribution in [2.45, 2.75) is 31.7 Å². The summed E-state index contributed by atoms with van der Waals surface area (Å²) in [4.78, 5) is 14.4. The Hall–Kier alpha value is -1.47. The summed E-state index contributed by atoms with van der Waals surface area (Å²) in [7, 11) is -3.64. The molecule has 6 nitrogen and oxygen atoms in total. The molecule has 1 aromatic rings. The first-order valence-electron chi connectivity index (χ1n) is 6.13. The van der Waals surface area contributed by atoms with E-state index < -0.39 is 16.0 Å². The fourth-order valence-corrected chi connectivity index (χ4v) is 2.97. The van der Waals surface area contributed by atoms with Crippen molar-refractivity contribution in [1.82, 2.24) is 9.29 Å². The van der Waals surface area contributed by atoms with E-state index >= 15 is 0 Å². The lowest BCUT2D eigenvalue weighted by Crippen LogP contribution is -2.32. The van der Waals surface area contributed by atoms with E-state index in [4.69, 9.17) is 5.11 Å². The molecule has 0 amide bonds. The highest BCUT2D eigenvalue weighted by Gasteiger charge is 2.24. The largest absolute Gasteiger partial charge is 0.478 e. The summed E-state index contributed by atoms with van der Waals surface area (Å²) in [6, 6.07) is 2.48. The van der Waals surface area contributed by atoms with Crippen molar-refractivity contribution < 1.29 is 18.3 Å². The minimum absolute atomic E-state index is 0.0319. The molecule has 0 saturated heterocycles. The monoisotopic (exact) mass is 286 g/mol. The Morgan fingerprint density at radius 2 is 2.05 bits per heavy atom. The second-order valence-corrected chi connectivity index (χ2v) is 5.93. The Balaban J connectivity index is 3.01. The van der Waals surface area contributed by atoms with E-state index in [0.717, 1.165) is 19.0 Å². The molecule has 1 N–H and O–H groups in total. The zero-order chi connectivity index (χ0) is 14.5. The van der Waals surface area contributed by atoms with Crippen LogP contribution in [0.15, 0.2) is 23.4 Å². The maximum Gasteiger partial charge on any atom is 0.337 e. The molecule has 7 heteroatoms. The third-order valence-electron chi connectivity index (χ3n) is 2.70. The molecule has 1 rings (SSSR count). The first kappa shape index (κ1) is 15.6. The van der Waals surface area contributed by atoms with Crippen LogP contribution >= 0.6 is 0 Å². The number of aromatic carboxylic acids is 1. The number of aromatic nitrogens is 1. The standard InChI is InChI=1S/C12H18N2O4S/c1-3-5-8-14(4-2)19(17,18)11-7-6-10(9-13-11)12(15)16/h6-7,9H,3-5,8H2,1-2H3,(H,15,16). The molecule has 0 radical (unpaired) electrons. The van der Waals surface area contributed by atoms with E-state index in [2.05, 4.69) is 4.98 Å². The van der Waals surface area contributed by atoms with Crippen molar-refractivity contribution in [2.24, 2.45) is 0 Å². The van der Waals surface area contributed by atoms with Gasteiger partial charge in [-0.25, -0.2) is 18.2 Å². The summed E-state index contributed by atoms with van der Waals surface area (Å²) in [5.41, 5.74) is -0.0319. The number of carbonyl (C=O) groups is 1. The van der Waals surface area contributed by atoms with Crippen LogP contribution in [0.1, 0.15) is 37.0 Å². The van der Waals surface area contributed by atoms with Gasteiger partial charge in [0.2, 0.25) is 0 Å². The third-order valence-corrected chi connectivity index (χ3v) is 4.59. The normalized spacial score (nSPS) is 11.7. The summed E-state index contributed by atoms with van der Waals surface area (Å²) in [6.07, 6.45) is 2.74. The van der Waals surface area contributed by atoms with Crippen molar-refractivity contribution in [1.29, 1.82) is 0 Å². The maximum atomic E-state index is 12.3. The molecule has 0 saturated carbocycles. The highest BCUT2D eigenvalue weighted by atomic mass is 32.2. The first-order chi connectivity index (χ1) is 8.93. The van der Waals surface area contributed by atoms with E-state index in [0.29, 0.717) is 13.1 Å². The lowest BCUT2D eigenvalue weighted by molar-refractivity contribution is 0.0696. The van der Waals surface area contributed by atoms with E-state index in [9.17, 15) is 13.2 Å². The SMILES string of the molecule is CCCCN(CC)S(=O)(=O)c1ccc(C(=O)O)cn1. The molecule has 0 aromatic carbocycles. The zero-order valence-electron chi connectivity index (χ0n) is 11.0. The molecule has 1 heterocycles. The fraction of sp³-hybridized carbons (Fsp3) is 0.500. The smallest absolute Gasteiger partial charge is 0.337 e. The van der Waals surface area contributed by atoms with Gasteiger partial charge in [0.25, 0.3) is 10.0 Å². The fourth-order valence-electron chi connectivity index (χ4n) is 1.57. The predicted octanol–water partition coefficient (Wildman–Crippen LogP) is 1.59. The topological polar surface area (TPSA) is 87.6 Å². The van der Waals surface area contributed by atoms with Crippen molar-refractivity contribution in [2.75, 3.05) is 13.1 Å². The quantitative estimate of drug-likeness (QED) is 0.822. The zero-order valence-corrected chi connectivity index (χ0v) is 11.9. The molecule has 0 aliphatic carbocycles. The molecule has 0 bridgehead atoms. The van der Waals surface area contributed by atoms with Crippen LogP contribution in [-0.2, 0) is 10.0 Å². The molecular formula is C12H18N2O4S. The summed E-state index contributed by atoms with van der Waals surface area (Å²) in [5.74, 6) is -1.13. The van der Waals surface area contributed by atoms with Gasteiger partial charge in [0.05, 0.1) is 5.56 Å². The Kier molecular flexibility index (Phi) is 5.44. The van der Waals surface area contributed by atoms with Crippen LogP contribution in [0, 0.1) is 0 Å². The van der Waals surface area contributed by atoms with Crippen LogP contribution in [0.3, 0.4) is 0 Å². The van der Waals surface area contributed by atoms with Gasteiger partial charge in [-0.3, -0.25) is 0 Å². The van der Waals surface area contributed by atoms with Crippen LogP contribution in [-0.4, -0.2) is 41.9 Å². The molecule has 0 unspecified atom stereocenters. The lowest BCUT2D eigenvalue weighted by Gasteiger charge is -2.19. The molecule has 1 aromatic heterocycles. The van der Waals surface area contributed by atoms with Crippen molar-refractivity contribution in [3.63, 3.8) is 0 Å². The highest BCUT2D eigenvalue weighted by molar-refractivity contribution is 7.89. The Morgan fingerprint density at radius 1 is 1.37 bits per heavy atom. The predicted molar refractivity (Wildman–Crippen MR) is 70.5 cm³/mol. The Morgan fingerprint density at radius 3 is 2.47 bits per heavy atom. The minimum atomic E-state index is -3.64. The van der Waals surface area contributed by atoms with E-state index in [1.54, 1.807) is 6.92 Å². The van der Waals surface area contributed by atoms with Gasteiger partial charge in [0, 0.05) is 19.3 Å². The molecule has 0 spiro atoms. The van der Waals surface area contributed by atoms with Crippen molar-refractivity contribution in [3.05, 3.63) is 23.9 Å². The maximum absolute atomic E-state index is 12.3. The highest BCUT2D eigenvalue weighted by Crippen LogP contribution is 2.14. The second-order valence-electron chi connectivity index (χ2n) is 4.04. The number of rotatable bonds is 7. The van der Waals surface area contributed by atoms with E-state index in [-0.39, 0.29) is 10.6 Å². The molecule has 19 heavy (non-hydrogen) atoms. The summed E-state index contributed by atoms with van der Waals surface area (Å²) < 4.78 is 25.9. The number of hydrogen-bond acceptors (Lipinski definition) is 4. The number of carboxylic acid groups (broad SMARTS) is 1. The molecule has 0 aliphatic heterocycles. The van der Waals surface area contributed by atoms with Crippen LogP contribution < -0.4 is 0 Å². The number of carboxylic acids is 1. The molecule has 0 atom stereocenters. The summed E-state index contributed by atoms with van der Waals surface area (Å²) >= 11 is 0. The second kappa shape index (κ2) is 6.63. The van der Waals surface area contributed by atoms with Crippen LogP contribution in [0.2, 0.25) is 0 Å². The molecule has 0 fully saturated rings. The van der Waals surface area contributed by atoms with Crippen LogP contribution in [0.4, 0.5) is 0 Å². The number of unbranched alkanes of at least 4 members (excludes halogenated alkanes) is 1. The van der Waals surface area contributed by atoms with Crippen molar-refractivity contribution >= 4 is 16.0 Å². The van der Waals surface area contributed by atoms with Gasteiger partial charge in [-0.15, -0.1) is 0 Å². The van der Waals surface area contributed by atoms with Crippen molar-refractivity contribution in [3.8, 4) is 0 Å². The number of sulfonamides is 1. The van der Waals surface area contributed by atoms with Gasteiger partial charge in [-0.2, -0.15) is 4.31 Å². The van der Waals surface area contributed by atoms with Gasteiger partial charge in [-0.1, -0.05) is 20.3 Å². The Labute approximate surface area is 113 Å². The summed E-state index contributed by atoms with van der Waals surface area (Å²) in [6.45, 7) is 4.56. The van der Waals surface area contributed by atoms with Gasteiger partial charge in [-0.05, 0) is 18.6 Å². The van der Waals surface area contributed by atoms with Crippen LogP contribution in [0.5, 0.6) is 0 Å². The Bertz CT molecular complexity index is 525. The van der Waals surface area contributed by atoms with Gasteiger partial charge >= 0.3 is 5.97 Å². The number of nitrogens with zero attached hydrogens (tertiary/aromatic N) is 2. The summed E-state index contributed by atoms with van der Waals surface area (Å²) in [5, 5.41) is 8.63. The van der Waals surface area contributed by atoms with Gasteiger partial charge in [0.1, 0.15) is 0 Å². The molecule has 106 valence electrons. The van der Waals surface area contributed by atoms with E-state index in [1.165, 1.54) is 16.4 Å². The van der Waals surface area contributed by atoms with Gasteiger partial charge in [0.15, 0.2) is 5.03 Å². The van der Waals surface area contributed by atoms with Crippen LogP contribution in [0.25, 0.3) is 0 Å². The molecular weight excluding hydrogens is 268 g/mol. The van der Waals surface area contributed by atoms with Gasteiger partial charge < -0.3 is 5.11 Å². The number of hydrogen-bond donors (Lipinski definition) is 1. The molecule has 0 aliphatic rings. The third kappa shape index (κ3) is 3.74. The number of pyridine rings is 1.